The molecular weight excluding hydrogens is 234 g/mol. The lowest BCUT2D eigenvalue weighted by atomic mass is 10.1. The summed E-state index contributed by atoms with van der Waals surface area (Å²) in [5.74, 6) is 0.942. The summed E-state index contributed by atoms with van der Waals surface area (Å²) in [7, 11) is 3.36. The number of anilines is 1. The number of ether oxygens (including phenoxy) is 1. The van der Waals surface area contributed by atoms with Crippen LogP contribution in [0.15, 0.2) is 24.3 Å². The highest BCUT2D eigenvalue weighted by atomic mass is 32.1. The Morgan fingerprint density at radius 1 is 1.41 bits per heavy atom. The third kappa shape index (κ3) is 3.40. The fourth-order valence-electron chi connectivity index (χ4n) is 1.43. The van der Waals surface area contributed by atoms with Crippen molar-refractivity contribution in [3.05, 3.63) is 24.3 Å². The summed E-state index contributed by atoms with van der Waals surface area (Å²) < 4.78 is 5.14. The van der Waals surface area contributed by atoms with Crippen molar-refractivity contribution >= 4 is 24.2 Å². The second-order valence-electron chi connectivity index (χ2n) is 4.29. The highest BCUT2D eigenvalue weighted by Crippen LogP contribution is 2.22. The highest BCUT2D eigenvalue weighted by molar-refractivity contribution is 7.81. The van der Waals surface area contributed by atoms with E-state index in [2.05, 4.69) is 12.6 Å². The van der Waals surface area contributed by atoms with E-state index in [0.29, 0.717) is 0 Å². The molecule has 0 fully saturated rings. The van der Waals surface area contributed by atoms with Crippen molar-refractivity contribution in [1.82, 2.24) is 0 Å². The van der Waals surface area contributed by atoms with Crippen molar-refractivity contribution in [2.75, 3.05) is 19.1 Å². The van der Waals surface area contributed by atoms with E-state index in [1.54, 1.807) is 19.1 Å². The molecule has 0 aliphatic carbocycles. The number of benzene rings is 1. The SMILES string of the molecule is COc1cccc(N(C)C(=O)C(S)C(C)C)c1. The van der Waals surface area contributed by atoms with Gasteiger partial charge in [0, 0.05) is 18.8 Å². The molecule has 0 N–H and O–H groups in total. The van der Waals surface area contributed by atoms with Gasteiger partial charge in [0.2, 0.25) is 5.91 Å². The first-order valence-electron chi connectivity index (χ1n) is 5.57. The van der Waals surface area contributed by atoms with Crippen molar-refractivity contribution in [1.29, 1.82) is 0 Å². The Kier molecular flexibility index (Phi) is 4.87. The molecular formula is C13H19NO2S. The molecule has 0 aliphatic rings. The van der Waals surface area contributed by atoms with Crippen molar-refractivity contribution < 1.29 is 9.53 Å². The molecule has 1 aromatic rings. The second kappa shape index (κ2) is 5.96. The molecule has 0 radical (unpaired) electrons. The zero-order chi connectivity index (χ0) is 13.0. The van der Waals surface area contributed by atoms with E-state index in [4.69, 9.17) is 4.74 Å². The zero-order valence-electron chi connectivity index (χ0n) is 10.7. The van der Waals surface area contributed by atoms with Crippen LogP contribution in [0, 0.1) is 5.92 Å². The zero-order valence-corrected chi connectivity index (χ0v) is 11.6. The quantitative estimate of drug-likeness (QED) is 0.836. The van der Waals surface area contributed by atoms with Gasteiger partial charge in [0.15, 0.2) is 0 Å². The van der Waals surface area contributed by atoms with Crippen LogP contribution in [0.1, 0.15) is 13.8 Å². The number of carbonyl (C=O) groups excluding carboxylic acids is 1. The van der Waals surface area contributed by atoms with Gasteiger partial charge in [-0.1, -0.05) is 19.9 Å². The first-order chi connectivity index (χ1) is 7.97. The van der Waals surface area contributed by atoms with E-state index >= 15 is 0 Å². The maximum Gasteiger partial charge on any atom is 0.239 e. The van der Waals surface area contributed by atoms with Gasteiger partial charge in [0.05, 0.1) is 12.4 Å². The number of rotatable bonds is 4. The monoisotopic (exact) mass is 253 g/mol. The molecule has 3 nitrogen and oxygen atoms in total. The van der Waals surface area contributed by atoms with E-state index < -0.39 is 0 Å². The average molecular weight is 253 g/mol. The number of amides is 1. The number of hydrogen-bond acceptors (Lipinski definition) is 3. The van der Waals surface area contributed by atoms with Crippen molar-refractivity contribution in [2.45, 2.75) is 19.1 Å². The average Bonchev–Trinajstić information content (AvgIpc) is 2.36. The molecule has 0 aromatic heterocycles. The number of carbonyl (C=O) groups is 1. The number of methoxy groups -OCH3 is 1. The Hall–Kier alpha value is -1.16. The van der Waals surface area contributed by atoms with E-state index in [-0.39, 0.29) is 17.1 Å². The summed E-state index contributed by atoms with van der Waals surface area (Å²) in [5, 5.41) is -0.286. The number of thiol groups is 1. The van der Waals surface area contributed by atoms with Crippen LogP contribution < -0.4 is 9.64 Å². The van der Waals surface area contributed by atoms with Gasteiger partial charge >= 0.3 is 0 Å². The molecule has 0 saturated carbocycles. The topological polar surface area (TPSA) is 29.5 Å². The van der Waals surface area contributed by atoms with Gasteiger partial charge in [-0.05, 0) is 18.1 Å². The van der Waals surface area contributed by atoms with Crippen molar-refractivity contribution in [2.24, 2.45) is 5.92 Å². The summed E-state index contributed by atoms with van der Waals surface area (Å²) in [5.41, 5.74) is 0.814. The van der Waals surface area contributed by atoms with Crippen LogP contribution in [-0.4, -0.2) is 25.3 Å². The van der Waals surface area contributed by atoms with Gasteiger partial charge in [-0.3, -0.25) is 4.79 Å². The van der Waals surface area contributed by atoms with Gasteiger partial charge in [-0.25, -0.2) is 0 Å². The maximum absolute atomic E-state index is 12.1. The Balaban J connectivity index is 2.88. The second-order valence-corrected chi connectivity index (χ2v) is 4.84. The highest BCUT2D eigenvalue weighted by Gasteiger charge is 2.22. The normalized spacial score (nSPS) is 12.4. The summed E-state index contributed by atoms with van der Waals surface area (Å²) >= 11 is 4.34. The molecule has 1 unspecified atom stereocenters. The summed E-state index contributed by atoms with van der Waals surface area (Å²) in [4.78, 5) is 13.7. The maximum atomic E-state index is 12.1. The summed E-state index contributed by atoms with van der Waals surface area (Å²) in [6.45, 7) is 3.96. The third-order valence-electron chi connectivity index (χ3n) is 2.66. The van der Waals surface area contributed by atoms with E-state index in [1.165, 1.54) is 0 Å². The minimum Gasteiger partial charge on any atom is -0.497 e. The first-order valence-corrected chi connectivity index (χ1v) is 6.08. The van der Waals surface area contributed by atoms with E-state index in [0.717, 1.165) is 11.4 Å². The Morgan fingerprint density at radius 3 is 2.59 bits per heavy atom. The van der Waals surface area contributed by atoms with Crippen LogP contribution in [0.4, 0.5) is 5.69 Å². The number of hydrogen-bond donors (Lipinski definition) is 1. The standard InChI is InChI=1S/C13H19NO2S/c1-9(2)12(17)13(15)14(3)10-6-5-7-11(8-10)16-4/h5-9,12,17H,1-4H3. The molecule has 1 aromatic carbocycles. The Morgan fingerprint density at radius 2 is 2.06 bits per heavy atom. The predicted molar refractivity (Wildman–Crippen MR) is 74.0 cm³/mol. The fourth-order valence-corrected chi connectivity index (χ4v) is 1.60. The summed E-state index contributed by atoms with van der Waals surface area (Å²) in [6.07, 6.45) is 0. The lowest BCUT2D eigenvalue weighted by molar-refractivity contribution is -0.118. The molecule has 0 heterocycles. The first kappa shape index (κ1) is 13.9. The van der Waals surface area contributed by atoms with Crippen LogP contribution in [-0.2, 0) is 4.79 Å². The van der Waals surface area contributed by atoms with Crippen molar-refractivity contribution in [3.8, 4) is 5.75 Å². The van der Waals surface area contributed by atoms with Gasteiger partial charge in [0.1, 0.15) is 5.75 Å². The molecule has 0 bridgehead atoms. The Bertz CT molecular complexity index is 393. The van der Waals surface area contributed by atoms with E-state index in [9.17, 15) is 4.79 Å². The predicted octanol–water partition coefficient (Wildman–Crippen LogP) is 2.61. The van der Waals surface area contributed by atoms with Crippen molar-refractivity contribution in [3.63, 3.8) is 0 Å². The molecule has 1 atom stereocenters. The summed E-state index contributed by atoms with van der Waals surface area (Å²) in [6, 6.07) is 7.42. The van der Waals surface area contributed by atoms with Crippen LogP contribution in [0.5, 0.6) is 5.75 Å². The van der Waals surface area contributed by atoms with Gasteiger partial charge in [0.25, 0.3) is 0 Å². The molecule has 94 valence electrons. The lowest BCUT2D eigenvalue weighted by Gasteiger charge is -2.23. The fraction of sp³-hybridized carbons (Fsp3) is 0.462. The molecule has 1 rings (SSSR count). The van der Waals surface area contributed by atoms with Gasteiger partial charge in [-0.15, -0.1) is 0 Å². The molecule has 17 heavy (non-hydrogen) atoms. The number of nitrogens with zero attached hydrogens (tertiary/aromatic N) is 1. The molecule has 0 aliphatic heterocycles. The van der Waals surface area contributed by atoms with Gasteiger partial charge in [-0.2, -0.15) is 12.6 Å². The molecule has 4 heteroatoms. The van der Waals surface area contributed by atoms with Crippen LogP contribution in [0.2, 0.25) is 0 Å². The van der Waals surface area contributed by atoms with Gasteiger partial charge < -0.3 is 9.64 Å². The minimum absolute atomic E-state index is 0.00316. The molecule has 1 amide bonds. The smallest absolute Gasteiger partial charge is 0.239 e. The lowest BCUT2D eigenvalue weighted by Crippen LogP contribution is -2.36. The minimum atomic E-state index is -0.286. The van der Waals surface area contributed by atoms with Crippen LogP contribution in [0.25, 0.3) is 0 Å². The molecule has 0 spiro atoms. The third-order valence-corrected chi connectivity index (χ3v) is 3.47. The van der Waals surface area contributed by atoms with Crippen LogP contribution >= 0.6 is 12.6 Å². The van der Waals surface area contributed by atoms with Crippen LogP contribution in [0.3, 0.4) is 0 Å². The Labute approximate surface area is 108 Å². The largest absolute Gasteiger partial charge is 0.497 e. The van der Waals surface area contributed by atoms with E-state index in [1.807, 2.05) is 38.1 Å². The molecule has 0 saturated heterocycles.